The third-order valence-corrected chi connectivity index (χ3v) is 1.89. The summed E-state index contributed by atoms with van der Waals surface area (Å²) in [6, 6.07) is 9.70. The monoisotopic (exact) mass is 174 g/mol. The van der Waals surface area contributed by atoms with E-state index in [0.717, 1.165) is 5.56 Å². The maximum absolute atomic E-state index is 11.0. The standard InChI is InChI=1S/C10H8NO2/c12-10-9(13-7-11-10)6-8-4-2-1-3-5-8/h1-5,9H,6H2/q-1/t9-/m0/s1. The molecule has 0 radical (unpaired) electrons. The van der Waals surface area contributed by atoms with E-state index in [4.69, 9.17) is 4.74 Å². The molecule has 1 atom stereocenters. The zero-order valence-electron chi connectivity index (χ0n) is 6.93. The van der Waals surface area contributed by atoms with E-state index in [1.165, 1.54) is 0 Å². The van der Waals surface area contributed by atoms with Gasteiger partial charge in [0.2, 0.25) is 0 Å². The number of carbonyl (C=O) groups excluding carboxylic acids is 1. The normalized spacial score (nSPS) is 20.3. The molecule has 1 aromatic carbocycles. The van der Waals surface area contributed by atoms with Crippen molar-refractivity contribution in [2.45, 2.75) is 12.5 Å². The third kappa shape index (κ3) is 1.75. The molecular weight excluding hydrogens is 166 g/mol. The first kappa shape index (κ1) is 7.98. The molecule has 0 aromatic heterocycles. The minimum Gasteiger partial charge on any atom is -0.577 e. The molecule has 0 N–H and O–H groups in total. The predicted octanol–water partition coefficient (Wildman–Crippen LogP) is 1.06. The lowest BCUT2D eigenvalue weighted by atomic mass is 10.1. The number of aliphatic imine (C=N–C) groups is 1. The molecule has 66 valence electrons. The average molecular weight is 174 g/mol. The molecule has 2 rings (SSSR count). The number of nitrogens with zero attached hydrogens (tertiary/aromatic N) is 1. The molecule has 1 aliphatic rings. The fourth-order valence-corrected chi connectivity index (χ4v) is 1.21. The molecule has 1 aromatic rings. The van der Waals surface area contributed by atoms with Crippen molar-refractivity contribution >= 4 is 12.3 Å². The molecule has 1 aliphatic heterocycles. The van der Waals surface area contributed by atoms with Crippen LogP contribution in [0.3, 0.4) is 0 Å². The smallest absolute Gasteiger partial charge is 0.128 e. The molecule has 1 amide bonds. The van der Waals surface area contributed by atoms with Gasteiger partial charge in [-0.1, -0.05) is 30.3 Å². The summed E-state index contributed by atoms with van der Waals surface area (Å²) in [5.74, 6) is -0.246. The zero-order chi connectivity index (χ0) is 9.10. The van der Waals surface area contributed by atoms with Gasteiger partial charge in [-0.2, -0.15) is 0 Å². The minimum absolute atomic E-state index is 0.246. The minimum atomic E-state index is -0.470. The van der Waals surface area contributed by atoms with Crippen LogP contribution in [0.5, 0.6) is 0 Å². The maximum Gasteiger partial charge on any atom is 0.128 e. The topological polar surface area (TPSA) is 38.7 Å². The van der Waals surface area contributed by atoms with Crippen LogP contribution in [0.25, 0.3) is 0 Å². The third-order valence-electron chi connectivity index (χ3n) is 1.89. The molecule has 0 bridgehead atoms. The number of benzene rings is 1. The first-order valence-electron chi connectivity index (χ1n) is 4.05. The van der Waals surface area contributed by atoms with Crippen LogP contribution >= 0.6 is 0 Å². The van der Waals surface area contributed by atoms with Gasteiger partial charge in [0.25, 0.3) is 0 Å². The Bertz CT molecular complexity index is 332. The summed E-state index contributed by atoms with van der Waals surface area (Å²) in [6.07, 6.45) is 2.31. The second-order valence-corrected chi connectivity index (χ2v) is 2.84. The molecule has 1 heterocycles. The van der Waals surface area contributed by atoms with Crippen molar-refractivity contribution in [3.63, 3.8) is 0 Å². The van der Waals surface area contributed by atoms with Gasteiger partial charge in [0.05, 0.1) is 6.10 Å². The molecule has 0 fully saturated rings. The van der Waals surface area contributed by atoms with Gasteiger partial charge in [-0.05, 0) is 12.0 Å². The van der Waals surface area contributed by atoms with Crippen molar-refractivity contribution in [3.05, 3.63) is 35.9 Å². The van der Waals surface area contributed by atoms with Crippen molar-refractivity contribution in [2.24, 2.45) is 4.99 Å². The molecule has 0 unspecified atom stereocenters. The fraction of sp³-hybridized carbons (Fsp3) is 0.200. The van der Waals surface area contributed by atoms with E-state index < -0.39 is 6.10 Å². The van der Waals surface area contributed by atoms with Crippen molar-refractivity contribution in [3.8, 4) is 0 Å². The highest BCUT2D eigenvalue weighted by Gasteiger charge is 2.12. The Kier molecular flexibility index (Phi) is 2.08. The van der Waals surface area contributed by atoms with Crippen LogP contribution in [-0.2, 0) is 16.0 Å². The molecule has 0 saturated carbocycles. The molecule has 0 saturated heterocycles. The Morgan fingerprint density at radius 2 is 2.15 bits per heavy atom. The lowest BCUT2D eigenvalue weighted by Gasteiger charge is -2.13. The van der Waals surface area contributed by atoms with Crippen molar-refractivity contribution in [1.82, 2.24) is 0 Å². The second-order valence-electron chi connectivity index (χ2n) is 2.84. The van der Waals surface area contributed by atoms with Crippen molar-refractivity contribution in [2.75, 3.05) is 0 Å². The summed E-state index contributed by atoms with van der Waals surface area (Å²) in [4.78, 5) is 14.4. The Hall–Kier alpha value is -1.64. The van der Waals surface area contributed by atoms with Crippen molar-refractivity contribution < 1.29 is 9.53 Å². The highest BCUT2D eigenvalue weighted by atomic mass is 16.5. The molecular formula is C10H8NO2-. The van der Waals surface area contributed by atoms with Gasteiger partial charge in [0.1, 0.15) is 5.91 Å². The SMILES string of the molecule is O=C1N=[C-]O[C@H]1Cc1ccccc1. The summed E-state index contributed by atoms with van der Waals surface area (Å²) in [7, 11) is 0. The summed E-state index contributed by atoms with van der Waals surface area (Å²) in [5.41, 5.74) is 1.07. The summed E-state index contributed by atoms with van der Waals surface area (Å²) in [5, 5.41) is 0. The lowest BCUT2D eigenvalue weighted by Crippen LogP contribution is -2.18. The fourth-order valence-electron chi connectivity index (χ4n) is 1.21. The quantitative estimate of drug-likeness (QED) is 0.629. The number of rotatable bonds is 2. The number of ether oxygens (including phenoxy) is 1. The Morgan fingerprint density at radius 1 is 1.38 bits per heavy atom. The second kappa shape index (κ2) is 3.39. The molecule has 0 aliphatic carbocycles. The predicted molar refractivity (Wildman–Crippen MR) is 47.5 cm³/mol. The number of amides is 1. The largest absolute Gasteiger partial charge is 0.577 e. The Labute approximate surface area is 76.1 Å². The summed E-state index contributed by atoms with van der Waals surface area (Å²) >= 11 is 0. The van der Waals surface area contributed by atoms with Gasteiger partial charge in [-0.3, -0.25) is 0 Å². The molecule has 0 spiro atoms. The van der Waals surface area contributed by atoms with E-state index in [1.807, 2.05) is 30.3 Å². The van der Waals surface area contributed by atoms with Gasteiger partial charge in [0, 0.05) is 6.40 Å². The molecule has 3 nitrogen and oxygen atoms in total. The summed E-state index contributed by atoms with van der Waals surface area (Å²) < 4.78 is 4.90. The van der Waals surface area contributed by atoms with E-state index >= 15 is 0 Å². The van der Waals surface area contributed by atoms with Crippen molar-refractivity contribution in [1.29, 1.82) is 0 Å². The van der Waals surface area contributed by atoms with Crippen LogP contribution in [0.15, 0.2) is 35.3 Å². The highest BCUT2D eigenvalue weighted by Crippen LogP contribution is 2.09. The molecule has 3 heteroatoms. The zero-order valence-corrected chi connectivity index (χ0v) is 6.93. The van der Waals surface area contributed by atoms with E-state index in [1.54, 1.807) is 0 Å². The van der Waals surface area contributed by atoms with Gasteiger partial charge in [-0.15, -0.1) is 0 Å². The van der Waals surface area contributed by atoms with Crippen LogP contribution in [0, 0.1) is 0 Å². The van der Waals surface area contributed by atoms with Crippen LogP contribution in [0.4, 0.5) is 0 Å². The van der Waals surface area contributed by atoms with E-state index in [-0.39, 0.29) is 5.91 Å². The van der Waals surface area contributed by atoms with Crippen LogP contribution in [0.2, 0.25) is 0 Å². The van der Waals surface area contributed by atoms with Crippen LogP contribution < -0.4 is 0 Å². The highest BCUT2D eigenvalue weighted by molar-refractivity contribution is 5.91. The van der Waals surface area contributed by atoms with Crippen LogP contribution in [0.1, 0.15) is 5.56 Å². The van der Waals surface area contributed by atoms with Gasteiger partial charge < -0.3 is 14.5 Å². The van der Waals surface area contributed by atoms with E-state index in [2.05, 4.69) is 11.4 Å². The molecule has 13 heavy (non-hydrogen) atoms. The first-order chi connectivity index (χ1) is 6.36. The Balaban J connectivity index is 2.03. The average Bonchev–Trinajstić information content (AvgIpc) is 2.54. The summed E-state index contributed by atoms with van der Waals surface area (Å²) in [6.45, 7) is 0. The lowest BCUT2D eigenvalue weighted by molar-refractivity contribution is -0.122. The Morgan fingerprint density at radius 3 is 2.77 bits per heavy atom. The van der Waals surface area contributed by atoms with Gasteiger partial charge in [-0.25, -0.2) is 0 Å². The van der Waals surface area contributed by atoms with Crippen LogP contribution in [-0.4, -0.2) is 18.4 Å². The number of carbonyl (C=O) groups is 1. The van der Waals surface area contributed by atoms with Gasteiger partial charge >= 0.3 is 0 Å². The maximum atomic E-state index is 11.0. The van der Waals surface area contributed by atoms with Gasteiger partial charge in [0.15, 0.2) is 0 Å². The van der Waals surface area contributed by atoms with E-state index in [9.17, 15) is 4.79 Å². The first-order valence-corrected chi connectivity index (χ1v) is 4.05. The van der Waals surface area contributed by atoms with E-state index in [0.29, 0.717) is 6.42 Å². The number of hydrogen-bond acceptors (Lipinski definition) is 2. The number of hydrogen-bond donors (Lipinski definition) is 0.